The summed E-state index contributed by atoms with van der Waals surface area (Å²) in [6, 6.07) is 0. The normalized spacial score (nSPS) is 17.0. The Labute approximate surface area is 110 Å². The minimum atomic E-state index is 0.237. The van der Waals surface area contributed by atoms with E-state index in [1.165, 1.54) is 32.4 Å². The number of halogens is 1. The van der Waals surface area contributed by atoms with Gasteiger partial charge in [-0.25, -0.2) is 4.98 Å². The van der Waals surface area contributed by atoms with E-state index in [9.17, 15) is 0 Å². The summed E-state index contributed by atoms with van der Waals surface area (Å²) >= 11 is 3.34. The number of piperidine rings is 1. The van der Waals surface area contributed by atoms with E-state index < -0.39 is 0 Å². The number of hydrogen-bond acceptors (Lipinski definition) is 5. The molecule has 2 rings (SSSR count). The van der Waals surface area contributed by atoms with Gasteiger partial charge in [-0.2, -0.15) is 4.98 Å². The summed E-state index contributed by atoms with van der Waals surface area (Å²) in [5.74, 6) is 0.760. The second-order valence-corrected chi connectivity index (χ2v) is 4.99. The summed E-state index contributed by atoms with van der Waals surface area (Å²) in [4.78, 5) is 10.3. The number of hydrogen-bond donors (Lipinski definition) is 1. The molecule has 1 fully saturated rings. The van der Waals surface area contributed by atoms with Crippen LogP contribution in [0.15, 0.2) is 10.7 Å². The molecule has 6 heteroatoms. The van der Waals surface area contributed by atoms with Crippen LogP contribution in [0.1, 0.15) is 19.3 Å². The molecule has 0 atom stereocenters. The Morgan fingerprint density at radius 3 is 2.88 bits per heavy atom. The Kier molecular flexibility index (Phi) is 4.56. The Bertz CT molecular complexity index is 368. The van der Waals surface area contributed by atoms with Crippen LogP contribution in [-0.4, -0.2) is 41.1 Å². The predicted molar refractivity (Wildman–Crippen MR) is 69.9 cm³/mol. The number of ether oxygens (including phenoxy) is 1. The molecule has 5 nitrogen and oxygen atoms in total. The summed E-state index contributed by atoms with van der Waals surface area (Å²) < 4.78 is 6.34. The van der Waals surface area contributed by atoms with Crippen molar-refractivity contribution in [3.05, 3.63) is 10.7 Å². The number of aromatic nitrogens is 2. The van der Waals surface area contributed by atoms with E-state index in [-0.39, 0.29) is 5.95 Å². The molecule has 1 aliphatic heterocycles. The molecule has 1 aromatic rings. The third-order valence-corrected chi connectivity index (χ3v) is 3.37. The molecule has 2 heterocycles. The highest BCUT2D eigenvalue weighted by atomic mass is 79.9. The van der Waals surface area contributed by atoms with Crippen LogP contribution in [-0.2, 0) is 0 Å². The zero-order valence-corrected chi connectivity index (χ0v) is 11.3. The van der Waals surface area contributed by atoms with Crippen LogP contribution in [0.5, 0.6) is 5.88 Å². The highest BCUT2D eigenvalue weighted by Crippen LogP contribution is 2.21. The molecule has 0 unspecified atom stereocenters. The summed E-state index contributed by atoms with van der Waals surface area (Å²) in [6.45, 7) is 3.93. The lowest BCUT2D eigenvalue weighted by atomic mass is 10.1. The van der Waals surface area contributed by atoms with Gasteiger partial charge in [0.15, 0.2) is 0 Å². The number of nitrogen functional groups attached to an aromatic ring is 1. The predicted octanol–water partition coefficient (Wildman–Crippen LogP) is 1.69. The van der Waals surface area contributed by atoms with E-state index >= 15 is 0 Å². The molecular weight excluding hydrogens is 284 g/mol. The lowest BCUT2D eigenvalue weighted by molar-refractivity contribution is 0.180. The van der Waals surface area contributed by atoms with Gasteiger partial charge in [-0.1, -0.05) is 6.42 Å². The van der Waals surface area contributed by atoms with E-state index in [1.807, 2.05) is 0 Å². The smallest absolute Gasteiger partial charge is 0.232 e. The Morgan fingerprint density at radius 1 is 1.35 bits per heavy atom. The van der Waals surface area contributed by atoms with Gasteiger partial charge in [0.05, 0.1) is 10.7 Å². The minimum absolute atomic E-state index is 0.237. The average molecular weight is 301 g/mol. The number of rotatable bonds is 4. The highest BCUT2D eigenvalue weighted by molar-refractivity contribution is 9.10. The van der Waals surface area contributed by atoms with Crippen LogP contribution in [0.25, 0.3) is 0 Å². The maximum absolute atomic E-state index is 5.60. The molecule has 1 aliphatic rings. The van der Waals surface area contributed by atoms with Crippen molar-refractivity contribution in [2.24, 2.45) is 0 Å². The fraction of sp³-hybridized carbons (Fsp3) is 0.636. The van der Waals surface area contributed by atoms with Gasteiger partial charge < -0.3 is 10.5 Å². The van der Waals surface area contributed by atoms with Crippen molar-refractivity contribution in [3.8, 4) is 5.88 Å². The largest absolute Gasteiger partial charge is 0.475 e. The SMILES string of the molecule is Nc1ncc(Br)c(OCCN2CCCCC2)n1. The maximum atomic E-state index is 5.60. The standard InChI is InChI=1S/C11H17BrN4O/c12-9-8-14-11(13)15-10(9)17-7-6-16-4-2-1-3-5-16/h8H,1-7H2,(H2,13,14,15). The van der Waals surface area contributed by atoms with Crippen LogP contribution in [0, 0.1) is 0 Å². The van der Waals surface area contributed by atoms with Crippen LogP contribution in [0.3, 0.4) is 0 Å². The summed E-state index contributed by atoms with van der Waals surface area (Å²) in [6.07, 6.45) is 5.55. The van der Waals surface area contributed by atoms with Gasteiger partial charge in [0.2, 0.25) is 11.8 Å². The summed E-state index contributed by atoms with van der Waals surface area (Å²) in [7, 11) is 0. The van der Waals surface area contributed by atoms with Crippen molar-refractivity contribution in [2.45, 2.75) is 19.3 Å². The van der Waals surface area contributed by atoms with Gasteiger partial charge in [-0.3, -0.25) is 4.90 Å². The number of nitrogens with zero attached hydrogens (tertiary/aromatic N) is 3. The molecule has 94 valence electrons. The van der Waals surface area contributed by atoms with Crippen LogP contribution in [0.4, 0.5) is 5.95 Å². The molecule has 0 bridgehead atoms. The van der Waals surface area contributed by atoms with E-state index in [0.29, 0.717) is 12.5 Å². The van der Waals surface area contributed by atoms with E-state index in [1.54, 1.807) is 6.20 Å². The molecule has 0 aromatic carbocycles. The van der Waals surface area contributed by atoms with Gasteiger partial charge in [0.25, 0.3) is 0 Å². The Balaban J connectivity index is 1.79. The molecule has 0 amide bonds. The molecule has 2 N–H and O–H groups in total. The van der Waals surface area contributed by atoms with E-state index in [2.05, 4.69) is 30.8 Å². The molecule has 0 radical (unpaired) electrons. The number of anilines is 1. The fourth-order valence-corrected chi connectivity index (χ4v) is 2.23. The van der Waals surface area contributed by atoms with Crippen molar-refractivity contribution >= 4 is 21.9 Å². The first-order valence-electron chi connectivity index (χ1n) is 5.89. The van der Waals surface area contributed by atoms with Crippen molar-refractivity contribution in [3.63, 3.8) is 0 Å². The lowest BCUT2D eigenvalue weighted by Gasteiger charge is -2.26. The zero-order valence-electron chi connectivity index (χ0n) is 9.73. The van der Waals surface area contributed by atoms with E-state index in [4.69, 9.17) is 10.5 Å². The Morgan fingerprint density at radius 2 is 2.12 bits per heavy atom. The van der Waals surface area contributed by atoms with Gasteiger partial charge in [-0.05, 0) is 41.9 Å². The first-order chi connectivity index (χ1) is 8.25. The van der Waals surface area contributed by atoms with Crippen LogP contribution in [0.2, 0.25) is 0 Å². The van der Waals surface area contributed by atoms with Crippen molar-refractivity contribution in [1.82, 2.24) is 14.9 Å². The third kappa shape index (κ3) is 3.81. The molecular formula is C11H17BrN4O. The van der Waals surface area contributed by atoms with Crippen molar-refractivity contribution in [2.75, 3.05) is 32.0 Å². The van der Waals surface area contributed by atoms with Gasteiger partial charge in [0, 0.05) is 6.54 Å². The van der Waals surface area contributed by atoms with E-state index in [0.717, 1.165) is 11.0 Å². The van der Waals surface area contributed by atoms with Gasteiger partial charge in [-0.15, -0.1) is 0 Å². The second kappa shape index (κ2) is 6.16. The van der Waals surface area contributed by atoms with Crippen molar-refractivity contribution in [1.29, 1.82) is 0 Å². The lowest BCUT2D eigenvalue weighted by Crippen LogP contribution is -2.33. The summed E-state index contributed by atoms with van der Waals surface area (Å²) in [5.41, 5.74) is 5.51. The monoisotopic (exact) mass is 300 g/mol. The molecule has 1 aromatic heterocycles. The molecule has 17 heavy (non-hydrogen) atoms. The first-order valence-corrected chi connectivity index (χ1v) is 6.68. The van der Waals surface area contributed by atoms with Crippen LogP contribution < -0.4 is 10.5 Å². The first kappa shape index (κ1) is 12.6. The highest BCUT2D eigenvalue weighted by Gasteiger charge is 2.10. The quantitative estimate of drug-likeness (QED) is 0.917. The molecule has 0 saturated carbocycles. The summed E-state index contributed by atoms with van der Waals surface area (Å²) in [5, 5.41) is 0. The fourth-order valence-electron chi connectivity index (χ4n) is 1.92. The average Bonchev–Trinajstić information content (AvgIpc) is 2.35. The van der Waals surface area contributed by atoms with Gasteiger partial charge >= 0.3 is 0 Å². The third-order valence-electron chi connectivity index (χ3n) is 2.83. The zero-order chi connectivity index (χ0) is 12.1. The topological polar surface area (TPSA) is 64.3 Å². The number of nitrogens with two attached hydrogens (primary N) is 1. The second-order valence-electron chi connectivity index (χ2n) is 4.13. The molecule has 0 aliphatic carbocycles. The van der Waals surface area contributed by atoms with Crippen molar-refractivity contribution < 1.29 is 4.74 Å². The van der Waals surface area contributed by atoms with Gasteiger partial charge in [0.1, 0.15) is 6.61 Å². The Hall–Kier alpha value is -0.880. The molecule has 1 saturated heterocycles. The molecule has 0 spiro atoms. The van der Waals surface area contributed by atoms with Crippen LogP contribution >= 0.6 is 15.9 Å². The minimum Gasteiger partial charge on any atom is -0.475 e. The maximum Gasteiger partial charge on any atom is 0.232 e. The number of likely N-dealkylation sites (tertiary alicyclic amines) is 1.